The lowest BCUT2D eigenvalue weighted by Gasteiger charge is -2.10. The normalized spacial score (nSPS) is 11.2. The fraction of sp³-hybridized carbons (Fsp3) is 0.133. The number of aliphatic carboxylic acids is 1. The Kier molecular flexibility index (Phi) is 4.46. The van der Waals surface area contributed by atoms with Crippen molar-refractivity contribution in [3.05, 3.63) is 53.6 Å². The standard InChI is InChI=1S/C15H16O2/c1-4-7-12-9-6-10-13(8-5-2)14(12)11(3)15(16)17/h4-10H,3H2,1-2H3,(H,16,17)/b7-4-,8-5-. The number of hydrogen-bond donors (Lipinski definition) is 1. The van der Waals surface area contributed by atoms with Gasteiger partial charge in [0, 0.05) is 5.56 Å². The Balaban J connectivity index is 3.48. The predicted molar refractivity (Wildman–Crippen MR) is 72.5 cm³/mol. The molecule has 0 spiro atoms. The molecule has 1 N–H and O–H groups in total. The van der Waals surface area contributed by atoms with Gasteiger partial charge in [0.25, 0.3) is 0 Å². The van der Waals surface area contributed by atoms with Gasteiger partial charge < -0.3 is 5.11 Å². The van der Waals surface area contributed by atoms with Gasteiger partial charge in [-0.05, 0) is 25.0 Å². The summed E-state index contributed by atoms with van der Waals surface area (Å²) < 4.78 is 0. The summed E-state index contributed by atoms with van der Waals surface area (Å²) in [5, 5.41) is 9.07. The first-order valence-electron chi connectivity index (χ1n) is 5.42. The van der Waals surface area contributed by atoms with E-state index in [-0.39, 0.29) is 5.57 Å². The Morgan fingerprint density at radius 1 is 1.18 bits per heavy atom. The van der Waals surface area contributed by atoms with Gasteiger partial charge in [-0.15, -0.1) is 0 Å². The maximum atomic E-state index is 11.1. The summed E-state index contributed by atoms with van der Waals surface area (Å²) in [5.41, 5.74) is 2.54. The lowest BCUT2D eigenvalue weighted by molar-refractivity contribution is -0.130. The van der Waals surface area contributed by atoms with Crippen molar-refractivity contribution >= 4 is 23.7 Å². The molecule has 0 radical (unpaired) electrons. The zero-order chi connectivity index (χ0) is 12.8. The van der Waals surface area contributed by atoms with Crippen molar-refractivity contribution in [3.63, 3.8) is 0 Å². The highest BCUT2D eigenvalue weighted by Gasteiger charge is 2.13. The van der Waals surface area contributed by atoms with Crippen LogP contribution in [-0.4, -0.2) is 11.1 Å². The number of carboxylic acids is 1. The highest BCUT2D eigenvalue weighted by molar-refractivity contribution is 6.16. The zero-order valence-corrected chi connectivity index (χ0v) is 10.1. The summed E-state index contributed by atoms with van der Waals surface area (Å²) >= 11 is 0. The van der Waals surface area contributed by atoms with E-state index in [0.717, 1.165) is 11.1 Å². The average Bonchev–Trinajstić information content (AvgIpc) is 2.29. The number of benzene rings is 1. The van der Waals surface area contributed by atoms with E-state index in [1.807, 2.05) is 56.4 Å². The molecule has 2 heteroatoms. The zero-order valence-electron chi connectivity index (χ0n) is 10.1. The van der Waals surface area contributed by atoms with Crippen LogP contribution in [0, 0.1) is 0 Å². The predicted octanol–water partition coefficient (Wildman–Crippen LogP) is 3.85. The number of allylic oxidation sites excluding steroid dienone is 2. The van der Waals surface area contributed by atoms with Gasteiger partial charge in [-0.3, -0.25) is 0 Å². The third-order valence-corrected chi connectivity index (χ3v) is 2.38. The van der Waals surface area contributed by atoms with Gasteiger partial charge in [-0.25, -0.2) is 4.79 Å². The SMILES string of the molecule is C=C(C(=O)O)c1c(/C=C\C)cccc1/C=C\C. The highest BCUT2D eigenvalue weighted by atomic mass is 16.4. The van der Waals surface area contributed by atoms with Crippen LogP contribution < -0.4 is 0 Å². The largest absolute Gasteiger partial charge is 0.478 e. The Hall–Kier alpha value is -2.09. The molecular formula is C15H16O2. The van der Waals surface area contributed by atoms with Gasteiger partial charge in [0.2, 0.25) is 0 Å². The van der Waals surface area contributed by atoms with E-state index in [1.165, 1.54) is 0 Å². The molecule has 0 fully saturated rings. The second-order valence-electron chi connectivity index (χ2n) is 3.60. The van der Waals surface area contributed by atoms with Gasteiger partial charge in [-0.1, -0.05) is 49.1 Å². The Morgan fingerprint density at radius 3 is 2.00 bits per heavy atom. The Morgan fingerprint density at radius 2 is 1.65 bits per heavy atom. The van der Waals surface area contributed by atoms with E-state index >= 15 is 0 Å². The molecule has 2 nitrogen and oxygen atoms in total. The van der Waals surface area contributed by atoms with E-state index in [0.29, 0.717) is 5.56 Å². The second-order valence-corrected chi connectivity index (χ2v) is 3.60. The fourth-order valence-corrected chi connectivity index (χ4v) is 1.68. The van der Waals surface area contributed by atoms with Crippen molar-refractivity contribution in [2.24, 2.45) is 0 Å². The van der Waals surface area contributed by atoms with Crippen LogP contribution in [-0.2, 0) is 4.79 Å². The molecule has 0 heterocycles. The van der Waals surface area contributed by atoms with Gasteiger partial charge >= 0.3 is 5.97 Å². The van der Waals surface area contributed by atoms with Crippen molar-refractivity contribution in [3.8, 4) is 0 Å². The minimum Gasteiger partial charge on any atom is -0.478 e. The fourth-order valence-electron chi connectivity index (χ4n) is 1.68. The second kappa shape index (κ2) is 5.85. The lowest BCUT2D eigenvalue weighted by Crippen LogP contribution is -2.02. The molecule has 0 aromatic heterocycles. The molecule has 0 aliphatic carbocycles. The number of carbonyl (C=O) groups is 1. The third-order valence-electron chi connectivity index (χ3n) is 2.38. The molecule has 0 amide bonds. The molecule has 0 saturated heterocycles. The highest BCUT2D eigenvalue weighted by Crippen LogP contribution is 2.25. The van der Waals surface area contributed by atoms with Crippen LogP contribution in [0.4, 0.5) is 0 Å². The van der Waals surface area contributed by atoms with E-state index in [1.54, 1.807) is 0 Å². The van der Waals surface area contributed by atoms with E-state index in [9.17, 15) is 4.79 Å². The van der Waals surface area contributed by atoms with Crippen LogP contribution in [0.1, 0.15) is 30.5 Å². The lowest BCUT2D eigenvalue weighted by atomic mass is 9.94. The number of hydrogen-bond acceptors (Lipinski definition) is 1. The van der Waals surface area contributed by atoms with Crippen molar-refractivity contribution < 1.29 is 9.90 Å². The molecular weight excluding hydrogens is 212 g/mol. The molecule has 1 aromatic rings. The molecule has 0 saturated carbocycles. The van der Waals surface area contributed by atoms with Crippen molar-refractivity contribution in [2.75, 3.05) is 0 Å². The van der Waals surface area contributed by atoms with Gasteiger partial charge in [-0.2, -0.15) is 0 Å². The minimum atomic E-state index is -0.993. The first-order valence-corrected chi connectivity index (χ1v) is 5.42. The van der Waals surface area contributed by atoms with E-state index in [4.69, 9.17) is 5.11 Å². The molecule has 1 rings (SSSR count). The smallest absolute Gasteiger partial charge is 0.335 e. The van der Waals surface area contributed by atoms with Crippen LogP contribution in [0.25, 0.3) is 17.7 Å². The molecule has 88 valence electrons. The molecule has 17 heavy (non-hydrogen) atoms. The number of carboxylic acid groups (broad SMARTS) is 1. The third kappa shape index (κ3) is 2.94. The van der Waals surface area contributed by atoms with Crippen molar-refractivity contribution in [2.45, 2.75) is 13.8 Å². The quantitative estimate of drug-likeness (QED) is 0.795. The van der Waals surface area contributed by atoms with E-state index < -0.39 is 5.97 Å². The van der Waals surface area contributed by atoms with Crippen LogP contribution in [0.5, 0.6) is 0 Å². The summed E-state index contributed by atoms with van der Waals surface area (Å²) in [6.07, 6.45) is 7.54. The monoisotopic (exact) mass is 228 g/mol. The molecule has 1 aromatic carbocycles. The average molecular weight is 228 g/mol. The maximum absolute atomic E-state index is 11.1. The molecule has 0 atom stereocenters. The molecule has 0 unspecified atom stereocenters. The van der Waals surface area contributed by atoms with E-state index in [2.05, 4.69) is 6.58 Å². The molecule has 0 aliphatic rings. The van der Waals surface area contributed by atoms with Gasteiger partial charge in [0.15, 0.2) is 0 Å². The number of rotatable bonds is 4. The molecule has 0 aliphatic heterocycles. The first-order chi connectivity index (χ1) is 8.11. The maximum Gasteiger partial charge on any atom is 0.335 e. The van der Waals surface area contributed by atoms with Crippen molar-refractivity contribution in [1.82, 2.24) is 0 Å². The molecule has 0 bridgehead atoms. The summed E-state index contributed by atoms with van der Waals surface area (Å²) in [7, 11) is 0. The van der Waals surface area contributed by atoms with Gasteiger partial charge in [0.05, 0.1) is 5.57 Å². The minimum absolute atomic E-state index is 0.117. The van der Waals surface area contributed by atoms with Crippen LogP contribution in [0.2, 0.25) is 0 Å². The van der Waals surface area contributed by atoms with Crippen LogP contribution in [0.3, 0.4) is 0 Å². The van der Waals surface area contributed by atoms with Crippen molar-refractivity contribution in [1.29, 1.82) is 0 Å². The summed E-state index contributed by atoms with van der Waals surface area (Å²) in [6, 6.07) is 5.68. The Bertz CT molecular complexity index is 463. The van der Waals surface area contributed by atoms with Crippen LogP contribution >= 0.6 is 0 Å². The summed E-state index contributed by atoms with van der Waals surface area (Å²) in [5.74, 6) is -0.993. The summed E-state index contributed by atoms with van der Waals surface area (Å²) in [6.45, 7) is 7.44. The van der Waals surface area contributed by atoms with Crippen LogP contribution in [0.15, 0.2) is 36.9 Å². The Labute approximate surface area is 102 Å². The topological polar surface area (TPSA) is 37.3 Å². The van der Waals surface area contributed by atoms with Gasteiger partial charge in [0.1, 0.15) is 0 Å². The summed E-state index contributed by atoms with van der Waals surface area (Å²) in [4.78, 5) is 11.1. The first kappa shape index (κ1) is 13.0.